The second-order valence-corrected chi connectivity index (χ2v) is 10.9. The molecule has 1 saturated heterocycles. The van der Waals surface area contributed by atoms with Crippen LogP contribution in [0.4, 0.5) is 0 Å². The normalized spacial score (nSPS) is 29.9. The zero-order valence-electron chi connectivity index (χ0n) is 14.9. The van der Waals surface area contributed by atoms with Gasteiger partial charge in [0.25, 0.3) is 0 Å². The van der Waals surface area contributed by atoms with Crippen LogP contribution in [-0.4, -0.2) is 25.2 Å². The molecule has 25 heavy (non-hydrogen) atoms. The van der Waals surface area contributed by atoms with Crippen molar-refractivity contribution in [3.8, 4) is 0 Å². The summed E-state index contributed by atoms with van der Waals surface area (Å²) in [5.74, 6) is 0. The third-order valence-electron chi connectivity index (χ3n) is 4.02. The minimum absolute atomic E-state index is 0.195. The van der Waals surface area contributed by atoms with Crippen LogP contribution in [0.3, 0.4) is 0 Å². The summed E-state index contributed by atoms with van der Waals surface area (Å²) in [6, 6.07) is 6.99. The van der Waals surface area contributed by atoms with Crippen LogP contribution in [0.2, 0.25) is 5.02 Å². The lowest BCUT2D eigenvalue weighted by Crippen LogP contribution is -2.26. The highest BCUT2D eigenvalue weighted by molar-refractivity contribution is 7.59. The fourth-order valence-corrected chi connectivity index (χ4v) is 8.11. The molecule has 0 aromatic heterocycles. The molecule has 0 aliphatic carbocycles. The molecule has 0 radical (unpaired) electrons. The first-order valence-electron chi connectivity index (χ1n) is 8.33. The average Bonchev–Trinajstić information content (AvgIpc) is 2.82. The van der Waals surface area contributed by atoms with E-state index >= 15 is 0 Å². The van der Waals surface area contributed by atoms with Crippen molar-refractivity contribution < 1.29 is 27.2 Å². The molecule has 1 heterocycles. The molecular formula is C16H25ClO6P2. The summed E-state index contributed by atoms with van der Waals surface area (Å²) in [5.41, 5.74) is 0.188. The quantitative estimate of drug-likeness (QED) is 0.488. The van der Waals surface area contributed by atoms with Crippen LogP contribution in [0, 0.1) is 0 Å². The highest BCUT2D eigenvalue weighted by Gasteiger charge is 2.62. The van der Waals surface area contributed by atoms with Crippen LogP contribution in [0.5, 0.6) is 0 Å². The van der Waals surface area contributed by atoms with Crippen LogP contribution >= 0.6 is 26.8 Å². The van der Waals surface area contributed by atoms with Gasteiger partial charge in [-0.3, -0.25) is 13.7 Å². The van der Waals surface area contributed by atoms with Gasteiger partial charge in [-0.2, -0.15) is 0 Å². The highest BCUT2D eigenvalue weighted by atomic mass is 35.5. The van der Waals surface area contributed by atoms with Gasteiger partial charge < -0.3 is 13.6 Å². The lowest BCUT2D eigenvalue weighted by atomic mass is 10.1. The number of rotatable bonds is 8. The first-order valence-corrected chi connectivity index (χ1v) is 11.9. The molecule has 1 aromatic rings. The maximum absolute atomic E-state index is 13.4. The molecule has 0 amide bonds. The van der Waals surface area contributed by atoms with Gasteiger partial charge in [0.2, 0.25) is 0 Å². The number of halogens is 1. The van der Waals surface area contributed by atoms with E-state index in [1.165, 1.54) is 0 Å². The van der Waals surface area contributed by atoms with Gasteiger partial charge in [0.05, 0.1) is 25.5 Å². The van der Waals surface area contributed by atoms with Crippen LogP contribution < -0.4 is 0 Å². The largest absolute Gasteiger partial charge is 0.362 e. The molecule has 0 bridgehead atoms. The van der Waals surface area contributed by atoms with Gasteiger partial charge >= 0.3 is 15.2 Å². The molecule has 3 atom stereocenters. The molecule has 0 spiro atoms. The SMILES string of the molecule is CCOP1(=O)OC(C)(P(=O)(OCC)OCC)CC1c1ccc(Cl)cc1. The highest BCUT2D eigenvalue weighted by Crippen LogP contribution is 2.79. The Morgan fingerprint density at radius 3 is 2.24 bits per heavy atom. The molecule has 3 unspecified atom stereocenters. The predicted octanol–water partition coefficient (Wildman–Crippen LogP) is 6.01. The summed E-state index contributed by atoms with van der Waals surface area (Å²) < 4.78 is 48.9. The maximum atomic E-state index is 13.4. The Labute approximate surface area is 154 Å². The molecule has 1 aliphatic heterocycles. The van der Waals surface area contributed by atoms with E-state index in [-0.39, 0.29) is 26.2 Å². The van der Waals surface area contributed by atoms with Gasteiger partial charge in [-0.25, -0.2) is 0 Å². The Kier molecular flexibility index (Phi) is 6.95. The Morgan fingerprint density at radius 1 is 1.20 bits per heavy atom. The molecule has 6 nitrogen and oxygen atoms in total. The van der Waals surface area contributed by atoms with E-state index in [1.807, 2.05) is 0 Å². The van der Waals surface area contributed by atoms with Crippen LogP contribution in [0.25, 0.3) is 0 Å². The molecule has 0 N–H and O–H groups in total. The van der Waals surface area contributed by atoms with Gasteiger partial charge in [-0.1, -0.05) is 23.7 Å². The Morgan fingerprint density at radius 2 is 1.76 bits per heavy atom. The fourth-order valence-electron chi connectivity index (χ4n) is 2.94. The summed E-state index contributed by atoms with van der Waals surface area (Å²) in [7, 11) is -7.21. The summed E-state index contributed by atoms with van der Waals surface area (Å²) >= 11 is 5.95. The van der Waals surface area contributed by atoms with Crippen LogP contribution in [-0.2, 0) is 27.2 Å². The van der Waals surface area contributed by atoms with E-state index in [1.54, 1.807) is 52.0 Å². The lowest BCUT2D eigenvalue weighted by molar-refractivity contribution is 0.101. The first kappa shape index (κ1) is 21.1. The summed E-state index contributed by atoms with van der Waals surface area (Å²) in [6.07, 6.45) is 0.198. The van der Waals surface area contributed by atoms with Gasteiger partial charge in [0, 0.05) is 11.4 Å². The Balaban J connectivity index is 2.45. The van der Waals surface area contributed by atoms with Crippen molar-refractivity contribution >= 4 is 26.8 Å². The Hall–Kier alpha value is -0.190. The summed E-state index contributed by atoms with van der Waals surface area (Å²) in [6.45, 7) is 7.40. The van der Waals surface area contributed by atoms with E-state index in [2.05, 4.69) is 0 Å². The standard InChI is InChI=1S/C16H25ClO6P2/c1-5-20-24(18)15(13-8-10-14(17)11-9-13)12-16(4,23-24)25(19,21-6-2)22-7-3/h8-11,15H,5-7,12H2,1-4H3. The van der Waals surface area contributed by atoms with Gasteiger partial charge in [-0.05, 0) is 45.4 Å². The number of hydrogen-bond donors (Lipinski definition) is 0. The van der Waals surface area contributed by atoms with Gasteiger partial charge in [0.15, 0.2) is 5.34 Å². The van der Waals surface area contributed by atoms with Crippen molar-refractivity contribution in [2.24, 2.45) is 0 Å². The van der Waals surface area contributed by atoms with Gasteiger partial charge in [-0.15, -0.1) is 0 Å². The van der Waals surface area contributed by atoms with E-state index in [9.17, 15) is 9.13 Å². The number of hydrogen-bond acceptors (Lipinski definition) is 6. The Bertz CT molecular complexity index is 670. The molecule has 9 heteroatoms. The zero-order chi connectivity index (χ0) is 18.7. The van der Waals surface area contributed by atoms with E-state index in [0.29, 0.717) is 5.02 Å². The van der Waals surface area contributed by atoms with Crippen molar-refractivity contribution in [2.45, 2.75) is 45.1 Å². The maximum Gasteiger partial charge on any atom is 0.362 e. The second-order valence-electron chi connectivity index (χ2n) is 5.83. The van der Waals surface area contributed by atoms with Crippen LogP contribution in [0.1, 0.15) is 45.3 Å². The fraction of sp³-hybridized carbons (Fsp3) is 0.625. The summed E-state index contributed by atoms with van der Waals surface area (Å²) in [4.78, 5) is 0. The molecular weight excluding hydrogens is 386 g/mol. The minimum atomic E-state index is -3.65. The van der Waals surface area contributed by atoms with E-state index < -0.39 is 26.2 Å². The van der Waals surface area contributed by atoms with E-state index in [0.717, 1.165) is 5.56 Å². The first-order chi connectivity index (χ1) is 11.7. The topological polar surface area (TPSA) is 71.1 Å². The van der Waals surface area contributed by atoms with Crippen molar-refractivity contribution in [2.75, 3.05) is 19.8 Å². The number of benzene rings is 1. The van der Waals surface area contributed by atoms with E-state index in [4.69, 9.17) is 29.7 Å². The van der Waals surface area contributed by atoms with Gasteiger partial charge in [0.1, 0.15) is 0 Å². The third-order valence-corrected chi connectivity index (χ3v) is 9.56. The van der Waals surface area contributed by atoms with Crippen molar-refractivity contribution in [1.29, 1.82) is 0 Å². The third kappa shape index (κ3) is 4.22. The molecule has 1 aromatic carbocycles. The van der Waals surface area contributed by atoms with Crippen molar-refractivity contribution in [3.05, 3.63) is 34.9 Å². The summed E-state index contributed by atoms with van der Waals surface area (Å²) in [5, 5.41) is -0.778. The monoisotopic (exact) mass is 410 g/mol. The average molecular weight is 411 g/mol. The minimum Gasteiger partial charge on any atom is -0.308 e. The molecule has 142 valence electrons. The second kappa shape index (κ2) is 8.22. The van der Waals surface area contributed by atoms with Crippen molar-refractivity contribution in [1.82, 2.24) is 0 Å². The van der Waals surface area contributed by atoms with Crippen molar-refractivity contribution in [3.63, 3.8) is 0 Å². The lowest BCUT2D eigenvalue weighted by Gasteiger charge is -2.31. The zero-order valence-corrected chi connectivity index (χ0v) is 17.5. The predicted molar refractivity (Wildman–Crippen MR) is 98.4 cm³/mol. The molecule has 1 aliphatic rings. The molecule has 0 saturated carbocycles. The molecule has 1 fully saturated rings. The smallest absolute Gasteiger partial charge is 0.308 e. The molecule has 2 rings (SSSR count). The van der Waals surface area contributed by atoms with Crippen LogP contribution in [0.15, 0.2) is 24.3 Å².